The van der Waals surface area contributed by atoms with Crippen molar-refractivity contribution in [2.24, 2.45) is 0 Å². The number of carbonyl (C=O) groups is 1. The molecule has 0 saturated carbocycles. The van der Waals surface area contributed by atoms with E-state index in [1.165, 1.54) is 0 Å². The van der Waals surface area contributed by atoms with Crippen molar-refractivity contribution in [2.45, 2.75) is 19.8 Å². The number of nitriles is 1. The van der Waals surface area contributed by atoms with E-state index >= 15 is 0 Å². The first-order valence-corrected chi connectivity index (χ1v) is 6.58. The Labute approximate surface area is 118 Å². The number of nitrogens with zero attached hydrogens (tertiary/aromatic N) is 2. The van der Waals surface area contributed by atoms with Gasteiger partial charge in [-0.25, -0.2) is 13.8 Å². The van der Waals surface area contributed by atoms with E-state index in [0.29, 0.717) is 21.6 Å². The smallest absolute Gasteiger partial charge is 0.196 e. The van der Waals surface area contributed by atoms with E-state index in [1.54, 1.807) is 19.9 Å². The number of ketones is 1. The van der Waals surface area contributed by atoms with Gasteiger partial charge in [0.2, 0.25) is 0 Å². The standard InChI is InChI=1S/C14H10F2N2OS/c1-7-14(20-8(2)18-7)13(19)11(6-17)10-4-3-9(15)5-12(10)16/h3-5,11H,1-2H3. The van der Waals surface area contributed by atoms with Gasteiger partial charge in [-0.1, -0.05) is 6.07 Å². The first-order chi connectivity index (χ1) is 9.43. The molecule has 1 heterocycles. The highest BCUT2D eigenvalue weighted by Crippen LogP contribution is 2.28. The summed E-state index contributed by atoms with van der Waals surface area (Å²) in [4.78, 5) is 16.8. The number of benzene rings is 1. The van der Waals surface area contributed by atoms with Crippen molar-refractivity contribution in [3.05, 3.63) is 51.0 Å². The highest BCUT2D eigenvalue weighted by molar-refractivity contribution is 7.13. The van der Waals surface area contributed by atoms with Crippen molar-refractivity contribution in [3.8, 4) is 6.07 Å². The molecule has 0 radical (unpaired) electrons. The van der Waals surface area contributed by atoms with Gasteiger partial charge in [0.15, 0.2) is 5.78 Å². The van der Waals surface area contributed by atoms with Gasteiger partial charge in [-0.15, -0.1) is 11.3 Å². The van der Waals surface area contributed by atoms with Gasteiger partial charge in [0.1, 0.15) is 17.6 Å². The maximum absolute atomic E-state index is 13.7. The van der Waals surface area contributed by atoms with E-state index < -0.39 is 23.3 Å². The number of carbonyl (C=O) groups excluding carboxylic acids is 1. The van der Waals surface area contributed by atoms with E-state index in [9.17, 15) is 13.6 Å². The summed E-state index contributed by atoms with van der Waals surface area (Å²) in [5.74, 6) is -3.46. The van der Waals surface area contributed by atoms with Crippen molar-refractivity contribution < 1.29 is 13.6 Å². The number of hydrogen-bond acceptors (Lipinski definition) is 4. The molecule has 0 aliphatic carbocycles. The van der Waals surface area contributed by atoms with Gasteiger partial charge in [0.05, 0.1) is 21.6 Å². The maximum Gasteiger partial charge on any atom is 0.196 e. The molecule has 1 aromatic heterocycles. The zero-order valence-corrected chi connectivity index (χ0v) is 11.6. The highest BCUT2D eigenvalue weighted by atomic mass is 32.1. The first-order valence-electron chi connectivity index (χ1n) is 5.77. The van der Waals surface area contributed by atoms with Gasteiger partial charge in [0.25, 0.3) is 0 Å². The topological polar surface area (TPSA) is 53.8 Å². The summed E-state index contributed by atoms with van der Waals surface area (Å²) in [6.07, 6.45) is 0. The Balaban J connectivity index is 2.45. The average Bonchev–Trinajstić information content (AvgIpc) is 2.71. The molecule has 0 fully saturated rings. The molecule has 2 rings (SSSR count). The van der Waals surface area contributed by atoms with Gasteiger partial charge in [-0.3, -0.25) is 4.79 Å². The summed E-state index contributed by atoms with van der Waals surface area (Å²) >= 11 is 1.16. The van der Waals surface area contributed by atoms with Crippen LogP contribution in [0.25, 0.3) is 0 Å². The number of aryl methyl sites for hydroxylation is 2. The minimum Gasteiger partial charge on any atom is -0.291 e. The minimum atomic E-state index is -1.30. The zero-order chi connectivity index (χ0) is 14.9. The third-order valence-corrected chi connectivity index (χ3v) is 3.88. The molecule has 1 unspecified atom stereocenters. The Hall–Kier alpha value is -2.13. The molecule has 1 atom stereocenters. The molecule has 0 aliphatic heterocycles. The molecule has 6 heteroatoms. The Bertz CT molecular complexity index is 718. The van der Waals surface area contributed by atoms with Gasteiger partial charge >= 0.3 is 0 Å². The predicted octanol–water partition coefficient (Wildman–Crippen LogP) is 3.53. The third-order valence-electron chi connectivity index (χ3n) is 2.79. The highest BCUT2D eigenvalue weighted by Gasteiger charge is 2.27. The summed E-state index contributed by atoms with van der Waals surface area (Å²) in [6.45, 7) is 3.40. The number of halogens is 2. The fourth-order valence-electron chi connectivity index (χ4n) is 1.90. The lowest BCUT2D eigenvalue weighted by molar-refractivity contribution is 0.0980. The Morgan fingerprint density at radius 1 is 1.40 bits per heavy atom. The molecule has 0 N–H and O–H groups in total. The van der Waals surface area contributed by atoms with Gasteiger partial charge in [-0.05, 0) is 19.9 Å². The van der Waals surface area contributed by atoms with E-state index in [1.807, 2.05) is 0 Å². The van der Waals surface area contributed by atoms with Crippen molar-refractivity contribution in [3.63, 3.8) is 0 Å². The van der Waals surface area contributed by atoms with Crippen LogP contribution in [-0.2, 0) is 0 Å². The Morgan fingerprint density at radius 2 is 2.10 bits per heavy atom. The molecule has 0 bridgehead atoms. The summed E-state index contributed by atoms with van der Waals surface area (Å²) in [7, 11) is 0. The SMILES string of the molecule is Cc1nc(C)c(C(=O)C(C#N)c2ccc(F)cc2F)s1. The molecule has 2 aromatic rings. The summed E-state index contributed by atoms with van der Waals surface area (Å²) < 4.78 is 26.6. The third kappa shape index (κ3) is 2.58. The Morgan fingerprint density at radius 3 is 2.60 bits per heavy atom. The molecule has 1 aromatic carbocycles. The van der Waals surface area contributed by atoms with E-state index in [2.05, 4.69) is 4.98 Å². The summed E-state index contributed by atoms with van der Waals surface area (Å²) in [5.41, 5.74) is 0.393. The van der Waals surface area contributed by atoms with Crippen LogP contribution in [0.3, 0.4) is 0 Å². The van der Waals surface area contributed by atoms with E-state index in [-0.39, 0.29) is 5.56 Å². The minimum absolute atomic E-state index is 0.121. The van der Waals surface area contributed by atoms with Crippen LogP contribution in [0.5, 0.6) is 0 Å². The van der Waals surface area contributed by atoms with Crippen LogP contribution in [0.4, 0.5) is 8.78 Å². The molecule has 0 saturated heterocycles. The molecule has 3 nitrogen and oxygen atoms in total. The van der Waals surface area contributed by atoms with Crippen molar-refractivity contribution >= 4 is 17.1 Å². The number of rotatable bonds is 3. The molecule has 0 spiro atoms. The van der Waals surface area contributed by atoms with Crippen LogP contribution in [-0.4, -0.2) is 10.8 Å². The molecule has 20 heavy (non-hydrogen) atoms. The second-order valence-electron chi connectivity index (χ2n) is 4.24. The second kappa shape index (κ2) is 5.47. The molecule has 0 aliphatic rings. The van der Waals surface area contributed by atoms with Crippen molar-refractivity contribution in [1.82, 2.24) is 4.98 Å². The monoisotopic (exact) mass is 292 g/mol. The van der Waals surface area contributed by atoms with Gasteiger partial charge < -0.3 is 0 Å². The van der Waals surface area contributed by atoms with Crippen LogP contribution >= 0.6 is 11.3 Å². The largest absolute Gasteiger partial charge is 0.291 e. The van der Waals surface area contributed by atoms with Gasteiger partial charge in [0, 0.05) is 11.6 Å². The summed E-state index contributed by atoms with van der Waals surface area (Å²) in [5, 5.41) is 9.85. The predicted molar refractivity (Wildman–Crippen MR) is 70.6 cm³/mol. The maximum atomic E-state index is 13.7. The number of aromatic nitrogens is 1. The Kier molecular flexibility index (Phi) is 3.91. The lowest BCUT2D eigenvalue weighted by atomic mass is 9.94. The molecular formula is C14H10F2N2OS. The van der Waals surface area contributed by atoms with Gasteiger partial charge in [-0.2, -0.15) is 5.26 Å². The molecular weight excluding hydrogens is 282 g/mol. The van der Waals surface area contributed by atoms with Crippen LogP contribution in [0, 0.1) is 36.8 Å². The van der Waals surface area contributed by atoms with E-state index in [0.717, 1.165) is 23.5 Å². The molecule has 0 amide bonds. The fraction of sp³-hybridized carbons (Fsp3) is 0.214. The second-order valence-corrected chi connectivity index (χ2v) is 5.44. The number of Topliss-reactive ketones (excluding diaryl/α,β-unsaturated/α-hetero) is 1. The number of thiazole rings is 1. The quantitative estimate of drug-likeness (QED) is 0.813. The summed E-state index contributed by atoms with van der Waals surface area (Å²) in [6, 6.07) is 4.60. The van der Waals surface area contributed by atoms with Crippen LogP contribution in [0.2, 0.25) is 0 Å². The van der Waals surface area contributed by atoms with Crippen LogP contribution < -0.4 is 0 Å². The van der Waals surface area contributed by atoms with Crippen molar-refractivity contribution in [1.29, 1.82) is 5.26 Å². The number of hydrogen-bond donors (Lipinski definition) is 0. The molecule has 102 valence electrons. The first kappa shape index (κ1) is 14.3. The normalized spacial score (nSPS) is 11.9. The van der Waals surface area contributed by atoms with Crippen molar-refractivity contribution in [2.75, 3.05) is 0 Å². The lowest BCUT2D eigenvalue weighted by Crippen LogP contribution is -2.13. The lowest BCUT2D eigenvalue weighted by Gasteiger charge is -2.08. The average molecular weight is 292 g/mol. The van der Waals surface area contributed by atoms with E-state index in [4.69, 9.17) is 5.26 Å². The van der Waals surface area contributed by atoms with Crippen LogP contribution in [0.1, 0.15) is 31.9 Å². The fourth-order valence-corrected chi connectivity index (χ4v) is 2.79. The van der Waals surface area contributed by atoms with Crippen LogP contribution in [0.15, 0.2) is 18.2 Å². The zero-order valence-electron chi connectivity index (χ0n) is 10.8.